The van der Waals surface area contributed by atoms with E-state index in [0.29, 0.717) is 26.0 Å². The summed E-state index contributed by atoms with van der Waals surface area (Å²) in [6.07, 6.45) is 1.73. The monoisotopic (exact) mass is 424 g/mol. The highest BCUT2D eigenvalue weighted by Crippen LogP contribution is 2.34. The summed E-state index contributed by atoms with van der Waals surface area (Å²) in [5.41, 5.74) is 0.382. The van der Waals surface area contributed by atoms with Gasteiger partial charge in [-0.25, -0.2) is 4.79 Å². The van der Waals surface area contributed by atoms with E-state index in [4.69, 9.17) is 9.47 Å². The van der Waals surface area contributed by atoms with Gasteiger partial charge in [0.2, 0.25) is 5.91 Å². The molecular weight excluding hydrogens is 400 g/mol. The Kier molecular flexibility index (Phi) is 5.46. The largest absolute Gasteiger partial charge is 0.493 e. The molecule has 0 aromatic heterocycles. The van der Waals surface area contributed by atoms with E-state index in [2.05, 4.69) is 21.2 Å². The molecule has 2 unspecified atom stereocenters. The average Bonchev–Trinajstić information content (AvgIpc) is 3.04. The van der Waals surface area contributed by atoms with E-state index in [1.165, 1.54) is 0 Å². The van der Waals surface area contributed by atoms with Crippen LogP contribution in [0.5, 0.6) is 5.75 Å². The molecule has 0 saturated carbocycles. The second kappa shape index (κ2) is 7.47. The normalized spacial score (nSPS) is 22.4. The molecule has 26 heavy (non-hydrogen) atoms. The van der Waals surface area contributed by atoms with Crippen LogP contribution < -0.4 is 10.1 Å². The second-order valence-electron chi connectivity index (χ2n) is 7.71. The maximum Gasteiger partial charge on any atom is 0.410 e. The Morgan fingerprint density at radius 2 is 2.08 bits per heavy atom. The lowest BCUT2D eigenvalue weighted by molar-refractivity contribution is -0.126. The zero-order valence-corrected chi connectivity index (χ0v) is 17.0. The molecule has 7 heteroatoms. The van der Waals surface area contributed by atoms with E-state index >= 15 is 0 Å². The fraction of sp³-hybridized carbons (Fsp3) is 0.579. The molecule has 6 nitrogen and oxygen atoms in total. The minimum absolute atomic E-state index is 0.121. The van der Waals surface area contributed by atoms with Crippen LogP contribution in [-0.4, -0.2) is 41.7 Å². The first-order valence-corrected chi connectivity index (χ1v) is 9.76. The van der Waals surface area contributed by atoms with Gasteiger partial charge in [-0.2, -0.15) is 0 Å². The van der Waals surface area contributed by atoms with Crippen LogP contribution >= 0.6 is 15.9 Å². The predicted molar refractivity (Wildman–Crippen MR) is 101 cm³/mol. The van der Waals surface area contributed by atoms with Crippen LogP contribution in [0, 0.1) is 0 Å². The predicted octanol–water partition coefficient (Wildman–Crippen LogP) is 3.79. The highest BCUT2D eigenvalue weighted by Gasteiger charge is 2.37. The number of hydrogen-bond acceptors (Lipinski definition) is 4. The van der Waals surface area contributed by atoms with Gasteiger partial charge in [-0.05, 0) is 51.8 Å². The zero-order chi connectivity index (χ0) is 18.9. The van der Waals surface area contributed by atoms with Crippen molar-refractivity contribution in [2.24, 2.45) is 0 Å². The van der Waals surface area contributed by atoms with Crippen molar-refractivity contribution >= 4 is 27.9 Å². The number of amides is 2. The van der Waals surface area contributed by atoms with E-state index in [0.717, 1.165) is 22.2 Å². The van der Waals surface area contributed by atoms with Crippen LogP contribution in [0.1, 0.15) is 51.6 Å². The van der Waals surface area contributed by atoms with Crippen molar-refractivity contribution in [3.63, 3.8) is 0 Å². The molecule has 142 valence electrons. The third-order valence-electron chi connectivity index (χ3n) is 4.51. The minimum atomic E-state index is -0.577. The van der Waals surface area contributed by atoms with Gasteiger partial charge in [-0.15, -0.1) is 0 Å². The van der Waals surface area contributed by atoms with Crippen molar-refractivity contribution in [2.45, 2.75) is 57.7 Å². The number of carbonyl (C=O) groups excluding carboxylic acids is 2. The Morgan fingerprint density at radius 3 is 2.81 bits per heavy atom. The number of nitrogens with zero attached hydrogens (tertiary/aromatic N) is 1. The molecule has 0 aliphatic carbocycles. The van der Waals surface area contributed by atoms with E-state index in [1.54, 1.807) is 4.90 Å². The van der Waals surface area contributed by atoms with Gasteiger partial charge in [0.05, 0.1) is 12.6 Å². The first-order valence-electron chi connectivity index (χ1n) is 8.97. The number of hydrogen-bond donors (Lipinski definition) is 1. The Bertz CT molecular complexity index is 701. The molecule has 1 aromatic rings. The molecular formula is C19H25BrN2O4. The van der Waals surface area contributed by atoms with Crippen molar-refractivity contribution in [2.75, 3.05) is 13.2 Å². The van der Waals surface area contributed by atoms with Gasteiger partial charge in [0.1, 0.15) is 17.4 Å². The lowest BCUT2D eigenvalue weighted by atomic mass is 10.00. The average molecular weight is 425 g/mol. The molecule has 2 atom stereocenters. The van der Waals surface area contributed by atoms with Gasteiger partial charge in [0.15, 0.2) is 0 Å². The molecule has 3 rings (SSSR count). The summed E-state index contributed by atoms with van der Waals surface area (Å²) in [7, 11) is 0. The van der Waals surface area contributed by atoms with Crippen LogP contribution in [0.2, 0.25) is 0 Å². The fourth-order valence-corrected chi connectivity index (χ4v) is 3.74. The van der Waals surface area contributed by atoms with Gasteiger partial charge in [0, 0.05) is 23.0 Å². The molecule has 2 amide bonds. The zero-order valence-electron chi connectivity index (χ0n) is 15.4. The summed E-state index contributed by atoms with van der Waals surface area (Å²) in [6.45, 7) is 6.58. The standard InChI is InChI=1S/C19H25BrN2O4/c1-19(2,3)26-18(24)22-9-4-5-15(22)17(23)21-14-8-10-25-16-7-6-12(20)11-13(14)16/h6-7,11,14-15H,4-5,8-10H2,1-3H3,(H,21,23). The molecule has 2 heterocycles. The van der Waals surface area contributed by atoms with Crippen molar-refractivity contribution < 1.29 is 19.1 Å². The van der Waals surface area contributed by atoms with Gasteiger partial charge in [-0.3, -0.25) is 9.69 Å². The number of nitrogens with one attached hydrogen (secondary N) is 1. The number of ether oxygens (including phenoxy) is 2. The third-order valence-corrected chi connectivity index (χ3v) is 5.00. The summed E-state index contributed by atoms with van der Waals surface area (Å²) in [4.78, 5) is 26.8. The number of likely N-dealkylation sites (tertiary alicyclic amines) is 1. The molecule has 0 bridgehead atoms. The molecule has 0 spiro atoms. The van der Waals surface area contributed by atoms with Gasteiger partial charge in [-0.1, -0.05) is 15.9 Å². The van der Waals surface area contributed by atoms with Crippen LogP contribution in [0.25, 0.3) is 0 Å². The van der Waals surface area contributed by atoms with E-state index in [1.807, 2.05) is 39.0 Å². The second-order valence-corrected chi connectivity index (χ2v) is 8.63. The summed E-state index contributed by atoms with van der Waals surface area (Å²) < 4.78 is 12.1. The molecule has 2 aliphatic rings. The summed E-state index contributed by atoms with van der Waals surface area (Å²) >= 11 is 3.47. The van der Waals surface area contributed by atoms with Gasteiger partial charge >= 0.3 is 6.09 Å². The maximum absolute atomic E-state index is 12.9. The lowest BCUT2D eigenvalue weighted by Crippen LogP contribution is -2.48. The topological polar surface area (TPSA) is 67.9 Å². The molecule has 0 radical (unpaired) electrons. The van der Waals surface area contributed by atoms with Crippen molar-refractivity contribution in [1.29, 1.82) is 0 Å². The number of benzene rings is 1. The van der Waals surface area contributed by atoms with E-state index < -0.39 is 17.7 Å². The van der Waals surface area contributed by atoms with E-state index in [9.17, 15) is 9.59 Å². The highest BCUT2D eigenvalue weighted by molar-refractivity contribution is 9.10. The fourth-order valence-electron chi connectivity index (χ4n) is 3.36. The lowest BCUT2D eigenvalue weighted by Gasteiger charge is -2.31. The number of fused-ring (bicyclic) bond motifs is 1. The Balaban J connectivity index is 1.70. The van der Waals surface area contributed by atoms with Crippen molar-refractivity contribution in [3.8, 4) is 5.75 Å². The highest BCUT2D eigenvalue weighted by atomic mass is 79.9. The van der Waals surface area contributed by atoms with Crippen LogP contribution in [-0.2, 0) is 9.53 Å². The summed E-state index contributed by atoms with van der Waals surface area (Å²) in [5.74, 6) is 0.659. The smallest absolute Gasteiger partial charge is 0.410 e. The van der Waals surface area contributed by atoms with Crippen molar-refractivity contribution in [1.82, 2.24) is 10.2 Å². The van der Waals surface area contributed by atoms with Gasteiger partial charge < -0.3 is 14.8 Å². The molecule has 1 aromatic carbocycles. The van der Waals surface area contributed by atoms with Crippen LogP contribution in [0.4, 0.5) is 4.79 Å². The molecule has 1 N–H and O–H groups in total. The number of halogens is 1. The third kappa shape index (κ3) is 4.31. The van der Waals surface area contributed by atoms with Gasteiger partial charge in [0.25, 0.3) is 0 Å². The molecule has 1 fully saturated rings. The van der Waals surface area contributed by atoms with Crippen LogP contribution in [0.3, 0.4) is 0 Å². The Morgan fingerprint density at radius 1 is 1.31 bits per heavy atom. The molecule has 2 aliphatic heterocycles. The SMILES string of the molecule is CC(C)(C)OC(=O)N1CCCC1C(=O)NC1CCOc2ccc(Br)cc21. The number of carbonyl (C=O) groups is 2. The Hall–Kier alpha value is -1.76. The first kappa shape index (κ1) is 19.0. The first-order chi connectivity index (χ1) is 12.2. The summed E-state index contributed by atoms with van der Waals surface area (Å²) in [5, 5.41) is 3.10. The molecule has 1 saturated heterocycles. The maximum atomic E-state index is 12.9. The minimum Gasteiger partial charge on any atom is -0.493 e. The quantitative estimate of drug-likeness (QED) is 0.783. The Labute approximate surface area is 162 Å². The summed E-state index contributed by atoms with van der Waals surface area (Å²) in [6, 6.07) is 5.19. The van der Waals surface area contributed by atoms with Crippen molar-refractivity contribution in [3.05, 3.63) is 28.2 Å². The van der Waals surface area contributed by atoms with E-state index in [-0.39, 0.29) is 11.9 Å². The number of rotatable bonds is 2. The van der Waals surface area contributed by atoms with Crippen LogP contribution in [0.15, 0.2) is 22.7 Å².